The maximum absolute atomic E-state index is 12.8. The van der Waals surface area contributed by atoms with Crippen molar-refractivity contribution in [2.45, 2.75) is 39.2 Å². The Balaban J connectivity index is 1.88. The van der Waals surface area contributed by atoms with Gasteiger partial charge in [0.2, 0.25) is 11.8 Å². The molecule has 5 nitrogen and oxygen atoms in total. The summed E-state index contributed by atoms with van der Waals surface area (Å²) in [6.45, 7) is 4.77. The fourth-order valence-electron chi connectivity index (χ4n) is 2.97. The molecule has 5 heteroatoms. The predicted octanol–water partition coefficient (Wildman–Crippen LogP) is 3.36. The van der Waals surface area contributed by atoms with Gasteiger partial charge >= 0.3 is 0 Å². The topological polar surface area (TPSA) is 58.6 Å². The first-order valence-corrected chi connectivity index (χ1v) is 9.75. The number of ether oxygens (including phenoxy) is 1. The first-order valence-electron chi connectivity index (χ1n) is 9.75. The Morgan fingerprint density at radius 1 is 1.07 bits per heavy atom. The van der Waals surface area contributed by atoms with E-state index in [0.717, 1.165) is 11.3 Å². The van der Waals surface area contributed by atoms with E-state index in [2.05, 4.69) is 5.32 Å². The van der Waals surface area contributed by atoms with Crippen LogP contribution in [0.15, 0.2) is 54.6 Å². The van der Waals surface area contributed by atoms with Crippen molar-refractivity contribution in [3.8, 4) is 5.75 Å². The van der Waals surface area contributed by atoms with Gasteiger partial charge in [0.15, 0.2) is 0 Å². The molecule has 2 amide bonds. The second-order valence-corrected chi connectivity index (χ2v) is 6.88. The number of benzene rings is 2. The van der Waals surface area contributed by atoms with Gasteiger partial charge in [0, 0.05) is 20.0 Å². The van der Waals surface area contributed by atoms with Gasteiger partial charge in [0.1, 0.15) is 11.8 Å². The van der Waals surface area contributed by atoms with Gasteiger partial charge in [-0.15, -0.1) is 0 Å². The van der Waals surface area contributed by atoms with E-state index in [9.17, 15) is 9.59 Å². The number of hydrogen-bond donors (Lipinski definition) is 1. The quantitative estimate of drug-likeness (QED) is 0.641. The molecule has 0 bridgehead atoms. The average molecular weight is 383 g/mol. The first-order chi connectivity index (χ1) is 13.5. The molecule has 0 unspecified atom stereocenters. The van der Waals surface area contributed by atoms with Gasteiger partial charge in [-0.05, 0) is 44.4 Å². The fourth-order valence-corrected chi connectivity index (χ4v) is 2.97. The van der Waals surface area contributed by atoms with Crippen LogP contribution in [0.1, 0.15) is 30.9 Å². The third kappa shape index (κ3) is 6.72. The Labute approximate surface area is 167 Å². The number of nitrogens with one attached hydrogen (secondary N) is 1. The van der Waals surface area contributed by atoms with Crippen LogP contribution >= 0.6 is 0 Å². The molecule has 1 atom stereocenters. The van der Waals surface area contributed by atoms with E-state index in [-0.39, 0.29) is 11.8 Å². The molecule has 28 heavy (non-hydrogen) atoms. The van der Waals surface area contributed by atoms with Crippen LogP contribution in [0.2, 0.25) is 0 Å². The number of carbonyl (C=O) groups is 2. The SMILES string of the molecule is CNC(=O)[C@@H](C)N(CCc1ccccc1)C(=O)CCCOc1ccc(C)cc1. The number of rotatable bonds is 10. The second kappa shape index (κ2) is 11.1. The van der Waals surface area contributed by atoms with E-state index in [1.165, 1.54) is 5.56 Å². The van der Waals surface area contributed by atoms with Crippen molar-refractivity contribution in [1.29, 1.82) is 0 Å². The van der Waals surface area contributed by atoms with Crippen molar-refractivity contribution < 1.29 is 14.3 Å². The van der Waals surface area contributed by atoms with Gasteiger partial charge < -0.3 is 15.0 Å². The van der Waals surface area contributed by atoms with Gasteiger partial charge in [0.05, 0.1) is 6.61 Å². The fraction of sp³-hybridized carbons (Fsp3) is 0.391. The van der Waals surface area contributed by atoms with E-state index in [0.29, 0.717) is 32.4 Å². The molecule has 0 aliphatic heterocycles. The highest BCUT2D eigenvalue weighted by atomic mass is 16.5. The van der Waals surface area contributed by atoms with E-state index < -0.39 is 6.04 Å². The Morgan fingerprint density at radius 2 is 1.75 bits per heavy atom. The Morgan fingerprint density at radius 3 is 2.39 bits per heavy atom. The number of nitrogens with zero attached hydrogens (tertiary/aromatic N) is 1. The van der Waals surface area contributed by atoms with Gasteiger partial charge in [-0.1, -0.05) is 48.0 Å². The summed E-state index contributed by atoms with van der Waals surface area (Å²) < 4.78 is 5.70. The highest BCUT2D eigenvalue weighted by Gasteiger charge is 2.24. The van der Waals surface area contributed by atoms with Gasteiger partial charge in [-0.3, -0.25) is 9.59 Å². The van der Waals surface area contributed by atoms with E-state index in [1.807, 2.05) is 61.5 Å². The third-order valence-corrected chi connectivity index (χ3v) is 4.72. The molecule has 2 rings (SSSR count). The normalized spacial score (nSPS) is 11.5. The molecule has 2 aromatic carbocycles. The van der Waals surface area contributed by atoms with Crippen molar-refractivity contribution in [2.75, 3.05) is 20.2 Å². The minimum Gasteiger partial charge on any atom is -0.494 e. The molecular weight excluding hydrogens is 352 g/mol. The molecular formula is C23H30N2O3. The lowest BCUT2D eigenvalue weighted by Crippen LogP contribution is -2.48. The summed E-state index contributed by atoms with van der Waals surface area (Å²) in [5.74, 6) is 0.620. The Hall–Kier alpha value is -2.82. The van der Waals surface area contributed by atoms with Gasteiger partial charge in [0.25, 0.3) is 0 Å². The molecule has 0 aliphatic carbocycles. The van der Waals surface area contributed by atoms with E-state index >= 15 is 0 Å². The maximum atomic E-state index is 12.8. The summed E-state index contributed by atoms with van der Waals surface area (Å²) in [7, 11) is 1.59. The molecule has 0 aromatic heterocycles. The Kier molecular flexibility index (Phi) is 8.53. The molecule has 150 valence electrons. The number of amides is 2. The van der Waals surface area contributed by atoms with Crippen LogP contribution in [0.4, 0.5) is 0 Å². The first kappa shape index (κ1) is 21.5. The highest BCUT2D eigenvalue weighted by Crippen LogP contribution is 2.13. The van der Waals surface area contributed by atoms with Crippen LogP contribution in [0.3, 0.4) is 0 Å². The van der Waals surface area contributed by atoms with Crippen molar-refractivity contribution in [3.05, 3.63) is 65.7 Å². The lowest BCUT2D eigenvalue weighted by atomic mass is 10.1. The summed E-state index contributed by atoms with van der Waals surface area (Å²) in [5.41, 5.74) is 2.33. The lowest BCUT2D eigenvalue weighted by Gasteiger charge is -2.28. The molecule has 0 fully saturated rings. The Bertz CT molecular complexity index is 744. The zero-order valence-electron chi connectivity index (χ0n) is 17.0. The molecule has 0 spiro atoms. The van der Waals surface area contributed by atoms with E-state index in [4.69, 9.17) is 4.74 Å². The van der Waals surface area contributed by atoms with Crippen LogP contribution < -0.4 is 10.1 Å². The molecule has 0 heterocycles. The third-order valence-electron chi connectivity index (χ3n) is 4.72. The molecule has 0 radical (unpaired) electrons. The molecule has 0 saturated carbocycles. The monoisotopic (exact) mass is 382 g/mol. The van der Waals surface area contributed by atoms with Gasteiger partial charge in [-0.2, -0.15) is 0 Å². The van der Waals surface area contributed by atoms with Crippen LogP contribution in [-0.2, 0) is 16.0 Å². The van der Waals surface area contributed by atoms with Crippen LogP contribution in [0.25, 0.3) is 0 Å². The predicted molar refractivity (Wildman–Crippen MR) is 111 cm³/mol. The maximum Gasteiger partial charge on any atom is 0.242 e. The molecule has 1 N–H and O–H groups in total. The zero-order chi connectivity index (χ0) is 20.4. The molecule has 0 saturated heterocycles. The summed E-state index contributed by atoms with van der Waals surface area (Å²) >= 11 is 0. The van der Waals surface area contributed by atoms with Crippen LogP contribution in [0.5, 0.6) is 5.75 Å². The summed E-state index contributed by atoms with van der Waals surface area (Å²) in [4.78, 5) is 26.5. The second-order valence-electron chi connectivity index (χ2n) is 6.88. The summed E-state index contributed by atoms with van der Waals surface area (Å²) in [6, 6.07) is 17.3. The standard InChI is InChI=1S/C23H30N2O3/c1-18-11-13-21(14-12-18)28-17-7-10-22(26)25(19(2)23(27)24-3)16-15-20-8-5-4-6-9-20/h4-6,8-9,11-14,19H,7,10,15-17H2,1-3H3,(H,24,27)/t19-/m1/s1. The number of aryl methyl sites for hydroxylation is 1. The largest absolute Gasteiger partial charge is 0.494 e. The number of carbonyl (C=O) groups excluding carboxylic acids is 2. The molecule has 0 aliphatic rings. The van der Waals surface area contributed by atoms with Crippen LogP contribution in [0, 0.1) is 6.92 Å². The van der Waals surface area contributed by atoms with Crippen molar-refractivity contribution in [2.24, 2.45) is 0 Å². The smallest absolute Gasteiger partial charge is 0.242 e. The van der Waals surface area contributed by atoms with Crippen LogP contribution in [-0.4, -0.2) is 43.0 Å². The van der Waals surface area contributed by atoms with Crippen molar-refractivity contribution >= 4 is 11.8 Å². The number of hydrogen-bond acceptors (Lipinski definition) is 3. The minimum absolute atomic E-state index is 0.0282. The summed E-state index contributed by atoms with van der Waals surface area (Å²) in [5, 5.41) is 2.63. The van der Waals surface area contributed by atoms with Crippen molar-refractivity contribution in [1.82, 2.24) is 10.2 Å². The van der Waals surface area contributed by atoms with E-state index in [1.54, 1.807) is 18.9 Å². The average Bonchev–Trinajstić information content (AvgIpc) is 2.72. The number of likely N-dealkylation sites (N-methyl/N-ethyl adjacent to an activating group) is 1. The summed E-state index contributed by atoms with van der Waals surface area (Å²) in [6.07, 6.45) is 1.67. The van der Waals surface area contributed by atoms with Crippen molar-refractivity contribution in [3.63, 3.8) is 0 Å². The lowest BCUT2D eigenvalue weighted by molar-refractivity contribution is -0.139. The highest BCUT2D eigenvalue weighted by molar-refractivity contribution is 5.87. The molecule has 2 aromatic rings. The minimum atomic E-state index is -0.501. The van der Waals surface area contributed by atoms with Gasteiger partial charge in [-0.25, -0.2) is 0 Å². The zero-order valence-corrected chi connectivity index (χ0v) is 17.0.